The van der Waals surface area contributed by atoms with Gasteiger partial charge in [0.15, 0.2) is 0 Å². The Labute approximate surface area is 105 Å². The van der Waals surface area contributed by atoms with Gasteiger partial charge in [-0.05, 0) is 23.8 Å². The smallest absolute Gasteiger partial charge is 0.118 e. The van der Waals surface area contributed by atoms with Gasteiger partial charge in [0.05, 0.1) is 13.3 Å². The number of hydrogen-bond donors (Lipinski definition) is 2. The number of methoxy groups -OCH3 is 1. The van der Waals surface area contributed by atoms with Crippen molar-refractivity contribution in [3.8, 4) is 16.9 Å². The molecule has 92 valence electrons. The van der Waals surface area contributed by atoms with Crippen LogP contribution >= 0.6 is 0 Å². The van der Waals surface area contributed by atoms with E-state index in [1.54, 1.807) is 25.7 Å². The third kappa shape index (κ3) is 3.21. The molecule has 0 fully saturated rings. The zero-order valence-corrected chi connectivity index (χ0v) is 10.00. The van der Waals surface area contributed by atoms with E-state index in [1.165, 1.54) is 0 Å². The van der Waals surface area contributed by atoms with Gasteiger partial charge in [-0.3, -0.25) is 10.2 Å². The van der Waals surface area contributed by atoms with E-state index < -0.39 is 0 Å². The molecule has 0 atom stereocenters. The molecule has 18 heavy (non-hydrogen) atoms. The molecule has 0 aliphatic carbocycles. The van der Waals surface area contributed by atoms with E-state index in [4.69, 9.17) is 4.74 Å². The minimum absolute atomic E-state index is 0.868. The Bertz CT molecular complexity index is 512. The topological polar surface area (TPSA) is 66.6 Å². The normalized spacial score (nSPS) is 9.39. The van der Waals surface area contributed by atoms with Gasteiger partial charge in [0.1, 0.15) is 5.75 Å². The average Bonchev–Trinajstić information content (AvgIpc) is 3.14. The van der Waals surface area contributed by atoms with Crippen LogP contribution in [0, 0.1) is 0 Å². The largest absolute Gasteiger partial charge is 0.497 e. The molecular formula is C13H14N4O. The predicted octanol–water partition coefficient (Wildman–Crippen LogP) is 2.50. The maximum absolute atomic E-state index is 5.06. The zero-order valence-electron chi connectivity index (χ0n) is 10.00. The van der Waals surface area contributed by atoms with Crippen LogP contribution in [0.25, 0.3) is 11.1 Å². The molecule has 0 saturated carbocycles. The Morgan fingerprint density at radius 2 is 1.83 bits per heavy atom. The van der Waals surface area contributed by atoms with Crippen molar-refractivity contribution in [1.29, 1.82) is 0 Å². The highest BCUT2D eigenvalue weighted by atomic mass is 16.5. The summed E-state index contributed by atoms with van der Waals surface area (Å²) in [6.45, 7) is 0. The molecule has 0 aliphatic heterocycles. The van der Waals surface area contributed by atoms with Crippen molar-refractivity contribution in [2.24, 2.45) is 0 Å². The molecule has 2 N–H and O–H groups in total. The van der Waals surface area contributed by atoms with Crippen LogP contribution in [0.1, 0.15) is 0 Å². The number of nitrogens with one attached hydrogen (secondary N) is 2. The van der Waals surface area contributed by atoms with Crippen molar-refractivity contribution in [3.63, 3.8) is 0 Å². The summed E-state index contributed by atoms with van der Waals surface area (Å²) in [5.74, 6) is 0.868. The first-order valence-corrected chi connectivity index (χ1v) is 5.47. The van der Waals surface area contributed by atoms with E-state index in [9.17, 15) is 0 Å². The van der Waals surface area contributed by atoms with Gasteiger partial charge in [0.25, 0.3) is 0 Å². The van der Waals surface area contributed by atoms with Crippen LogP contribution in [-0.4, -0.2) is 27.5 Å². The zero-order chi connectivity index (χ0) is 12.6. The molecule has 0 saturated heterocycles. The molecule has 2 aromatic heterocycles. The SMILES string of the molecule is COc1ccc(-c2cn[nH]c2)cc1.c1cn[nH]c1. The van der Waals surface area contributed by atoms with Gasteiger partial charge in [-0.2, -0.15) is 10.2 Å². The van der Waals surface area contributed by atoms with Crippen molar-refractivity contribution in [3.05, 3.63) is 55.1 Å². The third-order valence-corrected chi connectivity index (χ3v) is 2.33. The molecule has 0 bridgehead atoms. The van der Waals surface area contributed by atoms with Crippen LogP contribution in [0.5, 0.6) is 5.75 Å². The highest BCUT2D eigenvalue weighted by molar-refractivity contribution is 5.62. The van der Waals surface area contributed by atoms with Crippen LogP contribution in [0.3, 0.4) is 0 Å². The molecule has 0 aliphatic rings. The van der Waals surface area contributed by atoms with E-state index in [2.05, 4.69) is 20.4 Å². The Morgan fingerprint density at radius 3 is 2.28 bits per heavy atom. The summed E-state index contributed by atoms with van der Waals surface area (Å²) in [7, 11) is 1.66. The number of aromatic nitrogens is 4. The van der Waals surface area contributed by atoms with E-state index in [0.29, 0.717) is 0 Å². The van der Waals surface area contributed by atoms with E-state index in [-0.39, 0.29) is 0 Å². The average molecular weight is 242 g/mol. The van der Waals surface area contributed by atoms with Gasteiger partial charge in [0, 0.05) is 24.2 Å². The lowest BCUT2D eigenvalue weighted by Gasteiger charge is -2.00. The van der Waals surface area contributed by atoms with E-state index >= 15 is 0 Å². The number of H-pyrrole nitrogens is 2. The first-order valence-electron chi connectivity index (χ1n) is 5.47. The van der Waals surface area contributed by atoms with Gasteiger partial charge < -0.3 is 4.74 Å². The summed E-state index contributed by atoms with van der Waals surface area (Å²) in [6.07, 6.45) is 7.11. The minimum atomic E-state index is 0.868. The second-order valence-corrected chi connectivity index (χ2v) is 3.48. The van der Waals surface area contributed by atoms with Crippen LogP contribution in [-0.2, 0) is 0 Å². The number of hydrogen-bond acceptors (Lipinski definition) is 3. The molecule has 0 spiro atoms. The fraction of sp³-hybridized carbons (Fsp3) is 0.0769. The number of nitrogens with zero attached hydrogens (tertiary/aromatic N) is 2. The lowest BCUT2D eigenvalue weighted by Crippen LogP contribution is -1.81. The highest BCUT2D eigenvalue weighted by Crippen LogP contribution is 2.20. The molecule has 2 heterocycles. The fourth-order valence-electron chi connectivity index (χ4n) is 1.41. The number of rotatable bonds is 2. The number of benzene rings is 1. The van der Waals surface area contributed by atoms with Crippen molar-refractivity contribution in [2.75, 3.05) is 7.11 Å². The second-order valence-electron chi connectivity index (χ2n) is 3.48. The predicted molar refractivity (Wildman–Crippen MR) is 69.2 cm³/mol. The Balaban J connectivity index is 0.000000202. The van der Waals surface area contributed by atoms with Gasteiger partial charge >= 0.3 is 0 Å². The molecule has 3 rings (SSSR count). The first-order chi connectivity index (χ1) is 8.90. The van der Waals surface area contributed by atoms with Gasteiger partial charge in [0.2, 0.25) is 0 Å². The Hall–Kier alpha value is -2.56. The van der Waals surface area contributed by atoms with E-state index in [1.807, 2.05) is 36.5 Å². The standard InChI is InChI=1S/C10H10N2O.C3H4N2/c1-13-10-4-2-8(3-5-10)9-6-11-12-7-9;1-2-4-5-3-1/h2-7H,1H3,(H,11,12);1-3H,(H,4,5). The summed E-state index contributed by atoms with van der Waals surface area (Å²) in [5.41, 5.74) is 2.22. The van der Waals surface area contributed by atoms with Crippen LogP contribution in [0.15, 0.2) is 55.1 Å². The summed E-state index contributed by atoms with van der Waals surface area (Å²) in [5, 5.41) is 12.9. The molecule has 0 unspecified atom stereocenters. The van der Waals surface area contributed by atoms with Crippen molar-refractivity contribution in [1.82, 2.24) is 20.4 Å². The van der Waals surface area contributed by atoms with Crippen molar-refractivity contribution in [2.45, 2.75) is 0 Å². The van der Waals surface area contributed by atoms with Crippen molar-refractivity contribution >= 4 is 0 Å². The van der Waals surface area contributed by atoms with Crippen LogP contribution < -0.4 is 4.74 Å². The lowest BCUT2D eigenvalue weighted by molar-refractivity contribution is 0.415. The molecule has 0 radical (unpaired) electrons. The molecule has 0 amide bonds. The quantitative estimate of drug-likeness (QED) is 0.725. The molecule has 1 aromatic carbocycles. The molecule has 5 heteroatoms. The monoisotopic (exact) mass is 242 g/mol. The molecule has 5 nitrogen and oxygen atoms in total. The lowest BCUT2D eigenvalue weighted by atomic mass is 10.1. The first kappa shape index (κ1) is 11.9. The summed E-state index contributed by atoms with van der Waals surface area (Å²) < 4.78 is 5.06. The summed E-state index contributed by atoms with van der Waals surface area (Å²) in [6, 6.07) is 9.71. The molecular weight excluding hydrogens is 228 g/mol. The number of ether oxygens (including phenoxy) is 1. The van der Waals surface area contributed by atoms with Gasteiger partial charge in [-0.15, -0.1) is 0 Å². The Morgan fingerprint density at radius 1 is 1.00 bits per heavy atom. The van der Waals surface area contributed by atoms with Crippen LogP contribution in [0.4, 0.5) is 0 Å². The highest BCUT2D eigenvalue weighted by Gasteiger charge is 1.97. The fourth-order valence-corrected chi connectivity index (χ4v) is 1.41. The third-order valence-electron chi connectivity index (χ3n) is 2.33. The minimum Gasteiger partial charge on any atom is -0.497 e. The summed E-state index contributed by atoms with van der Waals surface area (Å²) in [4.78, 5) is 0. The van der Waals surface area contributed by atoms with Crippen molar-refractivity contribution < 1.29 is 4.74 Å². The van der Waals surface area contributed by atoms with Crippen LogP contribution in [0.2, 0.25) is 0 Å². The molecule has 3 aromatic rings. The maximum atomic E-state index is 5.06. The van der Waals surface area contributed by atoms with Gasteiger partial charge in [-0.25, -0.2) is 0 Å². The van der Waals surface area contributed by atoms with E-state index in [0.717, 1.165) is 16.9 Å². The van der Waals surface area contributed by atoms with Gasteiger partial charge in [-0.1, -0.05) is 12.1 Å². The Kier molecular flexibility index (Phi) is 4.13. The summed E-state index contributed by atoms with van der Waals surface area (Å²) >= 11 is 0. The second kappa shape index (κ2) is 6.24. The number of aromatic amines is 2. The maximum Gasteiger partial charge on any atom is 0.118 e.